The fraction of sp³-hybridized carbons (Fsp3) is 0.238. The molecule has 0 spiro atoms. The van der Waals surface area contributed by atoms with Crippen LogP contribution in [0.2, 0.25) is 0 Å². The number of hydrogen-bond donors (Lipinski definition) is 1. The summed E-state index contributed by atoms with van der Waals surface area (Å²) in [4.78, 5) is 27.7. The summed E-state index contributed by atoms with van der Waals surface area (Å²) in [5.74, 6) is -0.648. The van der Waals surface area contributed by atoms with Crippen LogP contribution in [0.25, 0.3) is 10.9 Å². The van der Waals surface area contributed by atoms with Crippen LogP contribution in [0.3, 0.4) is 0 Å². The minimum Gasteiger partial charge on any atom is -0.454 e. The van der Waals surface area contributed by atoms with Gasteiger partial charge >= 0.3 is 5.97 Å². The lowest BCUT2D eigenvalue weighted by molar-refractivity contribution is 0.0476. The summed E-state index contributed by atoms with van der Waals surface area (Å²) in [5.41, 5.74) is 4.52. The van der Waals surface area contributed by atoms with E-state index >= 15 is 0 Å². The SMILES string of the molecule is O=C(COC(=O)c1c[nH]c2ccccc12)c1ccc2c(c1)CCCC2. The van der Waals surface area contributed by atoms with Crippen LogP contribution in [0.5, 0.6) is 0 Å². The maximum Gasteiger partial charge on any atom is 0.340 e. The largest absolute Gasteiger partial charge is 0.454 e. The Morgan fingerprint density at radius 3 is 2.68 bits per heavy atom. The van der Waals surface area contributed by atoms with Crippen molar-refractivity contribution in [2.45, 2.75) is 25.7 Å². The monoisotopic (exact) mass is 333 g/mol. The number of carbonyl (C=O) groups excluding carboxylic acids is 2. The number of Topliss-reactive ketones (excluding diaryl/α,β-unsaturated/α-hetero) is 1. The summed E-state index contributed by atoms with van der Waals surface area (Å²) < 4.78 is 5.25. The van der Waals surface area contributed by atoms with Gasteiger partial charge in [-0.3, -0.25) is 4.79 Å². The number of aromatic nitrogens is 1. The third-order valence-corrected chi connectivity index (χ3v) is 4.81. The topological polar surface area (TPSA) is 59.2 Å². The molecule has 1 aliphatic carbocycles. The lowest BCUT2D eigenvalue weighted by atomic mass is 9.90. The van der Waals surface area contributed by atoms with Gasteiger partial charge in [-0.05, 0) is 48.9 Å². The number of H-pyrrole nitrogens is 1. The first-order valence-corrected chi connectivity index (χ1v) is 8.60. The molecule has 0 fully saturated rings. The predicted octanol–water partition coefficient (Wildman–Crippen LogP) is 4.09. The maximum absolute atomic E-state index is 12.4. The van der Waals surface area contributed by atoms with Crippen molar-refractivity contribution in [3.63, 3.8) is 0 Å². The van der Waals surface area contributed by atoms with E-state index in [1.807, 2.05) is 42.5 Å². The first-order valence-electron chi connectivity index (χ1n) is 8.60. The highest BCUT2D eigenvalue weighted by atomic mass is 16.5. The lowest BCUT2D eigenvalue weighted by Crippen LogP contribution is -2.15. The minimum atomic E-state index is -0.483. The van der Waals surface area contributed by atoms with E-state index in [1.165, 1.54) is 24.0 Å². The Hall–Kier alpha value is -2.88. The molecule has 2 aromatic carbocycles. The second-order valence-corrected chi connectivity index (χ2v) is 6.44. The number of carbonyl (C=O) groups is 2. The van der Waals surface area contributed by atoms with E-state index in [0.29, 0.717) is 11.1 Å². The molecule has 4 nitrogen and oxygen atoms in total. The van der Waals surface area contributed by atoms with E-state index < -0.39 is 5.97 Å². The minimum absolute atomic E-state index is 0.165. The Bertz CT molecular complexity index is 955. The van der Waals surface area contributed by atoms with Crippen molar-refractivity contribution in [2.24, 2.45) is 0 Å². The third-order valence-electron chi connectivity index (χ3n) is 4.81. The molecule has 3 aromatic rings. The van der Waals surface area contributed by atoms with Crippen LogP contribution >= 0.6 is 0 Å². The van der Waals surface area contributed by atoms with Crippen molar-refractivity contribution in [3.8, 4) is 0 Å². The van der Waals surface area contributed by atoms with Crippen LogP contribution in [0.1, 0.15) is 44.7 Å². The normalized spacial score (nSPS) is 13.4. The number of ketones is 1. The summed E-state index contributed by atoms with van der Waals surface area (Å²) in [7, 11) is 0. The first kappa shape index (κ1) is 15.6. The van der Waals surface area contributed by atoms with Gasteiger partial charge in [-0.15, -0.1) is 0 Å². The van der Waals surface area contributed by atoms with Gasteiger partial charge < -0.3 is 9.72 Å². The Labute approximate surface area is 145 Å². The molecule has 25 heavy (non-hydrogen) atoms. The molecule has 0 radical (unpaired) electrons. The first-order chi connectivity index (χ1) is 12.2. The van der Waals surface area contributed by atoms with Crippen molar-refractivity contribution in [1.82, 2.24) is 4.98 Å². The third kappa shape index (κ3) is 3.07. The zero-order valence-corrected chi connectivity index (χ0v) is 13.9. The molecule has 126 valence electrons. The molecule has 1 heterocycles. The second-order valence-electron chi connectivity index (χ2n) is 6.44. The molecule has 1 aromatic heterocycles. The van der Waals surface area contributed by atoms with Crippen molar-refractivity contribution in [2.75, 3.05) is 6.61 Å². The number of fused-ring (bicyclic) bond motifs is 2. The maximum atomic E-state index is 12.4. The van der Waals surface area contributed by atoms with E-state index in [1.54, 1.807) is 6.20 Å². The average Bonchev–Trinajstić information content (AvgIpc) is 3.09. The van der Waals surface area contributed by atoms with Gasteiger partial charge in [0.2, 0.25) is 0 Å². The molecule has 0 unspecified atom stereocenters. The number of benzene rings is 2. The molecule has 0 saturated heterocycles. The molecule has 0 amide bonds. The molecule has 0 bridgehead atoms. The zero-order valence-electron chi connectivity index (χ0n) is 13.9. The van der Waals surface area contributed by atoms with Gasteiger partial charge in [-0.2, -0.15) is 0 Å². The number of nitrogens with one attached hydrogen (secondary N) is 1. The Balaban J connectivity index is 1.45. The van der Waals surface area contributed by atoms with Gasteiger partial charge in [-0.25, -0.2) is 4.79 Å². The number of ether oxygens (including phenoxy) is 1. The number of esters is 1. The summed E-state index contributed by atoms with van der Waals surface area (Å²) in [6.45, 7) is -0.239. The van der Waals surface area contributed by atoms with Crippen LogP contribution in [0.15, 0.2) is 48.7 Å². The van der Waals surface area contributed by atoms with Crippen LogP contribution in [0, 0.1) is 0 Å². The molecule has 4 heteroatoms. The van der Waals surface area contributed by atoms with Crippen molar-refractivity contribution in [1.29, 1.82) is 0 Å². The fourth-order valence-corrected chi connectivity index (χ4v) is 3.44. The standard InChI is InChI=1S/C21H19NO3/c23-20(16-10-9-14-5-1-2-6-15(14)11-16)13-25-21(24)18-12-22-19-8-4-3-7-17(18)19/h3-4,7-12,22H,1-2,5-6,13H2. The quantitative estimate of drug-likeness (QED) is 0.578. The number of rotatable bonds is 4. The van der Waals surface area contributed by atoms with E-state index in [4.69, 9.17) is 4.74 Å². The lowest BCUT2D eigenvalue weighted by Gasteiger charge is -2.16. The number of hydrogen-bond acceptors (Lipinski definition) is 3. The molecule has 0 aliphatic heterocycles. The van der Waals surface area contributed by atoms with Crippen LogP contribution < -0.4 is 0 Å². The number of aromatic amines is 1. The smallest absolute Gasteiger partial charge is 0.340 e. The van der Waals surface area contributed by atoms with E-state index in [2.05, 4.69) is 4.98 Å². The number of para-hydroxylation sites is 1. The van der Waals surface area contributed by atoms with Crippen LogP contribution in [0.4, 0.5) is 0 Å². The summed E-state index contributed by atoms with van der Waals surface area (Å²) in [6.07, 6.45) is 6.10. The number of aryl methyl sites for hydroxylation is 2. The Morgan fingerprint density at radius 1 is 1.00 bits per heavy atom. The highest BCUT2D eigenvalue weighted by Gasteiger charge is 2.17. The van der Waals surface area contributed by atoms with E-state index in [0.717, 1.165) is 23.7 Å². The van der Waals surface area contributed by atoms with Gasteiger partial charge in [0, 0.05) is 22.7 Å². The summed E-state index contributed by atoms with van der Waals surface area (Å²) >= 11 is 0. The van der Waals surface area contributed by atoms with E-state index in [-0.39, 0.29) is 12.4 Å². The average molecular weight is 333 g/mol. The Morgan fingerprint density at radius 2 is 1.80 bits per heavy atom. The fourth-order valence-electron chi connectivity index (χ4n) is 3.44. The van der Waals surface area contributed by atoms with Gasteiger partial charge in [0.25, 0.3) is 0 Å². The Kier molecular flexibility index (Phi) is 4.10. The highest BCUT2D eigenvalue weighted by molar-refractivity contribution is 6.05. The van der Waals surface area contributed by atoms with Crippen molar-refractivity contribution >= 4 is 22.7 Å². The molecule has 0 saturated carbocycles. The molecule has 4 rings (SSSR count). The summed E-state index contributed by atoms with van der Waals surface area (Å²) in [5, 5.41) is 0.800. The molecule has 1 aliphatic rings. The molecular weight excluding hydrogens is 314 g/mol. The van der Waals surface area contributed by atoms with Crippen molar-refractivity contribution < 1.29 is 14.3 Å². The highest BCUT2D eigenvalue weighted by Crippen LogP contribution is 2.23. The van der Waals surface area contributed by atoms with Crippen LogP contribution in [-0.4, -0.2) is 23.3 Å². The molecule has 1 N–H and O–H groups in total. The van der Waals surface area contributed by atoms with Gasteiger partial charge in [0.05, 0.1) is 5.56 Å². The van der Waals surface area contributed by atoms with Gasteiger partial charge in [-0.1, -0.05) is 30.3 Å². The van der Waals surface area contributed by atoms with Crippen molar-refractivity contribution in [3.05, 3.63) is 70.9 Å². The van der Waals surface area contributed by atoms with Crippen LogP contribution in [-0.2, 0) is 17.6 Å². The van der Waals surface area contributed by atoms with E-state index in [9.17, 15) is 9.59 Å². The summed E-state index contributed by atoms with van der Waals surface area (Å²) in [6, 6.07) is 13.3. The molecule has 0 atom stereocenters. The predicted molar refractivity (Wildman–Crippen MR) is 96.0 cm³/mol. The zero-order chi connectivity index (χ0) is 17.2. The van der Waals surface area contributed by atoms with Gasteiger partial charge in [0.1, 0.15) is 0 Å². The van der Waals surface area contributed by atoms with Gasteiger partial charge in [0.15, 0.2) is 12.4 Å². The molecular formula is C21H19NO3. The second kappa shape index (κ2) is 6.55.